The Balaban J connectivity index is 1.90. The topological polar surface area (TPSA) is 105 Å². The van der Waals surface area contributed by atoms with Gasteiger partial charge in [-0.25, -0.2) is 14.4 Å². The first-order chi connectivity index (χ1) is 12.3. The Kier molecular flexibility index (Phi) is 5.79. The molecule has 0 saturated carbocycles. The van der Waals surface area contributed by atoms with Crippen LogP contribution >= 0.6 is 34.8 Å². The summed E-state index contributed by atoms with van der Waals surface area (Å²) in [4.78, 5) is 8.14. The number of halogens is 2. The first-order valence-electron chi connectivity index (χ1n) is 7.87. The quantitative estimate of drug-likeness (QED) is 0.489. The van der Waals surface area contributed by atoms with E-state index in [9.17, 15) is 5.11 Å². The number of hydrogen-bond acceptors (Lipinski definition) is 8. The molecule has 8 nitrogen and oxygen atoms in total. The Labute approximate surface area is 168 Å². The van der Waals surface area contributed by atoms with Gasteiger partial charge in [-0.1, -0.05) is 0 Å². The predicted molar refractivity (Wildman–Crippen MR) is 104 cm³/mol. The van der Waals surface area contributed by atoms with Gasteiger partial charge in [-0.05, 0) is 36.4 Å². The highest BCUT2D eigenvalue weighted by atomic mass is 127. The molecule has 2 aromatic rings. The van der Waals surface area contributed by atoms with E-state index in [0.29, 0.717) is 16.9 Å². The second-order valence-corrected chi connectivity index (χ2v) is 7.53. The molecule has 1 aliphatic rings. The van der Waals surface area contributed by atoms with E-state index in [2.05, 4.69) is 32.6 Å². The lowest BCUT2D eigenvalue weighted by molar-refractivity contribution is -0.0473. The van der Waals surface area contributed by atoms with Crippen molar-refractivity contribution in [3.63, 3.8) is 0 Å². The maximum Gasteiger partial charge on any atom is 0.352 e. The zero-order valence-electron chi connectivity index (χ0n) is 14.0. The number of hydrogen-bond donors (Lipinski definition) is 2. The summed E-state index contributed by atoms with van der Waals surface area (Å²) in [7, 11) is 0. The van der Waals surface area contributed by atoms with Crippen LogP contribution in [0.5, 0.6) is 0 Å². The van der Waals surface area contributed by atoms with Crippen molar-refractivity contribution in [2.75, 3.05) is 12.3 Å². The van der Waals surface area contributed by atoms with E-state index in [1.54, 1.807) is 20.0 Å². The lowest BCUT2D eigenvalue weighted by atomic mass is 10.1. The minimum Gasteiger partial charge on any atom is -0.454 e. The minimum absolute atomic E-state index is 0.186. The fourth-order valence-corrected chi connectivity index (χ4v) is 3.91. The van der Waals surface area contributed by atoms with Crippen molar-refractivity contribution in [1.82, 2.24) is 14.5 Å². The Hall–Kier alpha value is -1.31. The molecule has 0 radical (unpaired) electrons. The first-order valence-corrected chi connectivity index (χ1v) is 9.36. The molecule has 1 fully saturated rings. The van der Waals surface area contributed by atoms with Crippen molar-refractivity contribution >= 4 is 56.9 Å². The van der Waals surface area contributed by atoms with Crippen molar-refractivity contribution in [2.45, 2.75) is 44.6 Å². The number of nitrogens with zero attached hydrogens (tertiary/aromatic N) is 3. The van der Waals surface area contributed by atoms with Crippen LogP contribution in [0.1, 0.15) is 20.1 Å². The number of nitrogens with two attached hydrogens (primary N) is 1. The number of ether oxygens (including phenoxy) is 3. The molecule has 0 bridgehead atoms. The van der Waals surface area contributed by atoms with Gasteiger partial charge in [-0.15, -0.1) is 0 Å². The lowest BCUT2D eigenvalue weighted by Crippen LogP contribution is -2.36. The van der Waals surface area contributed by atoms with Crippen LogP contribution < -0.4 is 5.73 Å². The third-order valence-corrected chi connectivity index (χ3v) is 4.89. The smallest absolute Gasteiger partial charge is 0.352 e. The van der Waals surface area contributed by atoms with Crippen LogP contribution in [0, 0.1) is 3.57 Å². The molecular formula is C15H18FIN4O4S. The number of rotatable bonds is 4. The number of alkyl halides is 1. The Morgan fingerprint density at radius 1 is 1.54 bits per heavy atom. The highest BCUT2D eigenvalue weighted by Gasteiger charge is 2.48. The molecule has 4 atom stereocenters. The Morgan fingerprint density at radius 2 is 2.27 bits per heavy atom. The van der Waals surface area contributed by atoms with E-state index in [4.69, 9.17) is 32.2 Å². The molecular weight excluding hydrogens is 478 g/mol. The maximum absolute atomic E-state index is 15.1. The van der Waals surface area contributed by atoms with Crippen LogP contribution in [0.2, 0.25) is 0 Å². The van der Waals surface area contributed by atoms with E-state index >= 15 is 4.39 Å². The van der Waals surface area contributed by atoms with Crippen LogP contribution in [0.25, 0.3) is 11.0 Å². The second kappa shape index (κ2) is 7.74. The van der Waals surface area contributed by atoms with Gasteiger partial charge in [-0.3, -0.25) is 0 Å². The van der Waals surface area contributed by atoms with Gasteiger partial charge in [0.1, 0.15) is 23.9 Å². The van der Waals surface area contributed by atoms with Crippen LogP contribution in [0.4, 0.5) is 10.2 Å². The summed E-state index contributed by atoms with van der Waals surface area (Å²) in [6.07, 6.45) is -1.91. The van der Waals surface area contributed by atoms with Gasteiger partial charge in [0.15, 0.2) is 18.5 Å². The van der Waals surface area contributed by atoms with E-state index in [0.717, 1.165) is 3.57 Å². The van der Waals surface area contributed by atoms with Crippen molar-refractivity contribution < 1.29 is 23.7 Å². The molecule has 0 aromatic carbocycles. The molecule has 11 heteroatoms. The third kappa shape index (κ3) is 3.57. The van der Waals surface area contributed by atoms with Gasteiger partial charge in [0.2, 0.25) is 0 Å². The second-order valence-electron chi connectivity index (χ2n) is 6.03. The van der Waals surface area contributed by atoms with E-state index < -0.39 is 31.2 Å². The largest absolute Gasteiger partial charge is 0.454 e. The molecule has 2 aromatic heterocycles. The summed E-state index contributed by atoms with van der Waals surface area (Å²) in [5, 5.41) is 10.00. The highest BCUT2D eigenvalue weighted by Crippen LogP contribution is 2.37. The van der Waals surface area contributed by atoms with E-state index in [-0.39, 0.29) is 11.3 Å². The number of nitrogen functional groups attached to an aromatic ring is 1. The minimum atomic E-state index is -1.61. The van der Waals surface area contributed by atoms with E-state index in [1.807, 2.05) is 0 Å². The number of aliphatic hydroxyl groups excluding tert-OH is 1. The van der Waals surface area contributed by atoms with Crippen molar-refractivity contribution in [1.29, 1.82) is 0 Å². The van der Waals surface area contributed by atoms with Crippen LogP contribution in [0.3, 0.4) is 0 Å². The molecule has 142 valence electrons. The van der Waals surface area contributed by atoms with Crippen LogP contribution in [-0.2, 0) is 14.2 Å². The maximum atomic E-state index is 15.1. The van der Waals surface area contributed by atoms with E-state index in [1.165, 1.54) is 10.9 Å². The van der Waals surface area contributed by atoms with Gasteiger partial charge in [0.25, 0.3) is 0 Å². The number of fused-ring (bicyclic) bond motifs is 1. The van der Waals surface area contributed by atoms with Crippen molar-refractivity contribution in [3.8, 4) is 0 Å². The number of anilines is 1. The van der Waals surface area contributed by atoms with Crippen LogP contribution in [-0.4, -0.2) is 56.0 Å². The molecule has 1 unspecified atom stereocenters. The summed E-state index contributed by atoms with van der Waals surface area (Å²) < 4.78 is 33.8. The van der Waals surface area contributed by atoms with Crippen molar-refractivity contribution in [2.24, 2.45) is 0 Å². The summed E-state index contributed by atoms with van der Waals surface area (Å²) in [5.74, 6) is 0.296. The summed E-state index contributed by atoms with van der Waals surface area (Å²) in [6.45, 7) is 3.12. The molecule has 3 heterocycles. The van der Waals surface area contributed by atoms with Gasteiger partial charge < -0.3 is 29.6 Å². The fourth-order valence-electron chi connectivity index (χ4n) is 2.79. The average Bonchev–Trinajstić information content (AvgIpc) is 3.06. The molecule has 0 aliphatic carbocycles. The molecule has 26 heavy (non-hydrogen) atoms. The summed E-state index contributed by atoms with van der Waals surface area (Å²) in [6, 6.07) is 0. The lowest BCUT2D eigenvalue weighted by Gasteiger charge is -2.20. The molecule has 3 N–H and O–H groups in total. The highest BCUT2D eigenvalue weighted by molar-refractivity contribution is 14.1. The van der Waals surface area contributed by atoms with Gasteiger partial charge in [0.05, 0.1) is 18.1 Å². The standard InChI is InChI=1S/C15H18FIN4O4S/c1-6(2)23-15(26)25-11-8(4-22)24-14(10(11)16)21-3-7(17)9-12(18)19-5-20-13(9)21/h3,5-6,8,10-11,14,22H,4H2,1-2H3,(H2,18,19,20)/t8-,10-,11?,14-/m1/s1. The fraction of sp³-hybridized carbons (Fsp3) is 0.533. The van der Waals surface area contributed by atoms with Gasteiger partial charge >= 0.3 is 5.24 Å². The zero-order valence-corrected chi connectivity index (χ0v) is 17.0. The zero-order chi connectivity index (χ0) is 19.0. The molecule has 0 amide bonds. The van der Waals surface area contributed by atoms with Gasteiger partial charge in [-0.2, -0.15) is 0 Å². The number of aliphatic hydroxyl groups is 1. The molecule has 0 spiro atoms. The first kappa shape index (κ1) is 19.5. The Bertz CT molecular complexity index is 820. The molecule has 1 saturated heterocycles. The summed E-state index contributed by atoms with van der Waals surface area (Å²) >= 11 is 7.05. The average molecular weight is 496 g/mol. The molecule has 1 aliphatic heterocycles. The number of thiocarbonyl (C=S) groups is 1. The normalized spacial score (nSPS) is 25.8. The summed E-state index contributed by atoms with van der Waals surface area (Å²) in [5.41, 5.74) is 6.33. The molecule has 3 rings (SSSR count). The third-order valence-electron chi connectivity index (χ3n) is 3.88. The monoisotopic (exact) mass is 496 g/mol. The predicted octanol–water partition coefficient (Wildman–Crippen LogP) is 1.94. The van der Waals surface area contributed by atoms with Crippen molar-refractivity contribution in [3.05, 3.63) is 16.1 Å². The SMILES string of the molecule is CC(C)OC(=S)OC1[C@@H](F)[C@H](n2cc(I)c3c(N)ncnc32)O[C@@H]1CO. The Morgan fingerprint density at radius 3 is 2.92 bits per heavy atom. The van der Waals surface area contributed by atoms with Crippen LogP contribution in [0.15, 0.2) is 12.5 Å². The number of aromatic nitrogens is 3. The van der Waals surface area contributed by atoms with Gasteiger partial charge in [0, 0.05) is 22.0 Å².